The van der Waals surface area contributed by atoms with Crippen molar-refractivity contribution in [2.75, 3.05) is 12.4 Å². The molecule has 0 bridgehead atoms. The van der Waals surface area contributed by atoms with Crippen molar-refractivity contribution in [3.63, 3.8) is 0 Å². The minimum atomic E-state index is -0.401. The molecule has 3 aromatic rings. The minimum absolute atomic E-state index is 0.0119. The fourth-order valence-electron chi connectivity index (χ4n) is 4.30. The lowest BCUT2D eigenvalue weighted by atomic mass is 9.78. The Morgan fingerprint density at radius 3 is 2.72 bits per heavy atom. The second kappa shape index (κ2) is 6.84. The standard InChI is InChI=1S/C22H19FN4O2/c1-29-19-5-3-2-4-16(19)21-20-17(26-22-24-12-25-27(21)22)10-14(11-18(20)28)13-6-8-15(23)9-7-13/h2-9,12,14,21H,10-11H2,1H3,(H,24,25,26)/t14-,21-/m1/s1. The van der Waals surface area contributed by atoms with Crippen LogP contribution in [-0.2, 0) is 4.79 Å². The van der Waals surface area contributed by atoms with Crippen LogP contribution < -0.4 is 10.1 Å². The van der Waals surface area contributed by atoms with Gasteiger partial charge >= 0.3 is 0 Å². The van der Waals surface area contributed by atoms with Gasteiger partial charge in [0.2, 0.25) is 5.95 Å². The van der Waals surface area contributed by atoms with Gasteiger partial charge < -0.3 is 10.1 Å². The van der Waals surface area contributed by atoms with E-state index in [9.17, 15) is 9.18 Å². The van der Waals surface area contributed by atoms with Gasteiger partial charge in [-0.15, -0.1) is 0 Å². The molecule has 1 aromatic heterocycles. The van der Waals surface area contributed by atoms with Crippen LogP contribution in [0, 0.1) is 5.82 Å². The number of benzene rings is 2. The van der Waals surface area contributed by atoms with Crippen molar-refractivity contribution in [3.05, 3.63) is 83.1 Å². The Morgan fingerprint density at radius 1 is 1.14 bits per heavy atom. The molecule has 1 aliphatic carbocycles. The Balaban J connectivity index is 1.61. The molecule has 0 fully saturated rings. The smallest absolute Gasteiger partial charge is 0.226 e. The molecule has 2 aliphatic rings. The Labute approximate surface area is 167 Å². The molecule has 2 aromatic carbocycles. The van der Waals surface area contributed by atoms with Crippen molar-refractivity contribution in [1.82, 2.24) is 14.8 Å². The zero-order valence-electron chi connectivity index (χ0n) is 15.8. The Bertz CT molecular complexity index is 1120. The summed E-state index contributed by atoms with van der Waals surface area (Å²) in [6.45, 7) is 0. The van der Waals surface area contributed by atoms with Crippen molar-refractivity contribution in [3.8, 4) is 5.75 Å². The maximum atomic E-state index is 13.3. The number of halogens is 1. The van der Waals surface area contributed by atoms with Crippen LogP contribution in [0.1, 0.15) is 35.9 Å². The Hall–Kier alpha value is -3.48. The number of ether oxygens (including phenoxy) is 1. The Morgan fingerprint density at radius 2 is 1.93 bits per heavy atom. The number of carbonyl (C=O) groups is 1. The number of rotatable bonds is 3. The average Bonchev–Trinajstić information content (AvgIpc) is 3.21. The largest absolute Gasteiger partial charge is 0.496 e. The van der Waals surface area contributed by atoms with Crippen molar-refractivity contribution in [2.24, 2.45) is 0 Å². The summed E-state index contributed by atoms with van der Waals surface area (Å²) in [5.74, 6) is 1.04. The van der Waals surface area contributed by atoms with Crippen molar-refractivity contribution in [2.45, 2.75) is 24.8 Å². The monoisotopic (exact) mass is 390 g/mol. The number of aromatic nitrogens is 3. The summed E-state index contributed by atoms with van der Waals surface area (Å²) < 4.78 is 20.6. The molecule has 0 saturated carbocycles. The summed E-state index contributed by atoms with van der Waals surface area (Å²) in [6, 6.07) is 13.6. The lowest BCUT2D eigenvalue weighted by Gasteiger charge is -2.35. The van der Waals surface area contributed by atoms with Crippen LogP contribution in [0.15, 0.2) is 66.1 Å². The maximum Gasteiger partial charge on any atom is 0.226 e. The van der Waals surface area contributed by atoms with Crippen LogP contribution in [-0.4, -0.2) is 27.7 Å². The first-order valence-corrected chi connectivity index (χ1v) is 9.47. The van der Waals surface area contributed by atoms with Crippen molar-refractivity contribution < 1.29 is 13.9 Å². The number of nitrogens with zero attached hydrogens (tertiary/aromatic N) is 3. The first-order chi connectivity index (χ1) is 14.2. The maximum absolute atomic E-state index is 13.3. The van der Waals surface area contributed by atoms with E-state index in [-0.39, 0.29) is 17.5 Å². The summed E-state index contributed by atoms with van der Waals surface area (Å²) in [5.41, 5.74) is 3.34. The molecule has 0 saturated heterocycles. The third-order valence-corrected chi connectivity index (χ3v) is 5.64. The summed E-state index contributed by atoms with van der Waals surface area (Å²) >= 11 is 0. The van der Waals surface area contributed by atoms with E-state index in [0.717, 1.165) is 16.8 Å². The lowest BCUT2D eigenvalue weighted by Crippen LogP contribution is -2.33. The van der Waals surface area contributed by atoms with E-state index >= 15 is 0 Å². The number of Topliss-reactive ketones (excluding diaryl/α,β-unsaturated/α-hetero) is 1. The van der Waals surface area contributed by atoms with Crippen molar-refractivity contribution >= 4 is 11.7 Å². The highest BCUT2D eigenvalue weighted by molar-refractivity contribution is 6.00. The van der Waals surface area contributed by atoms with E-state index in [1.165, 1.54) is 18.5 Å². The van der Waals surface area contributed by atoms with Gasteiger partial charge in [0.25, 0.3) is 0 Å². The van der Waals surface area contributed by atoms with Gasteiger partial charge in [-0.05, 0) is 36.1 Å². The normalized spacial score (nSPS) is 20.7. The number of nitrogens with one attached hydrogen (secondary N) is 1. The molecule has 0 spiro atoms. The highest BCUT2D eigenvalue weighted by atomic mass is 19.1. The van der Waals surface area contributed by atoms with E-state index < -0.39 is 6.04 Å². The Kier molecular flexibility index (Phi) is 4.16. The van der Waals surface area contributed by atoms with Crippen LogP contribution >= 0.6 is 0 Å². The van der Waals surface area contributed by atoms with Crippen LogP contribution in [0.3, 0.4) is 0 Å². The van der Waals surface area contributed by atoms with Gasteiger partial charge in [-0.25, -0.2) is 9.07 Å². The van der Waals surface area contributed by atoms with Crippen LogP contribution in [0.4, 0.5) is 10.3 Å². The van der Waals surface area contributed by atoms with Crippen molar-refractivity contribution in [1.29, 1.82) is 0 Å². The molecule has 146 valence electrons. The summed E-state index contributed by atoms with van der Waals surface area (Å²) in [4.78, 5) is 17.6. The third kappa shape index (κ3) is 2.90. The number of anilines is 1. The van der Waals surface area contributed by atoms with Gasteiger partial charge in [0.1, 0.15) is 23.9 Å². The quantitative estimate of drug-likeness (QED) is 0.736. The molecular formula is C22H19FN4O2. The molecule has 1 N–H and O–H groups in total. The first-order valence-electron chi connectivity index (χ1n) is 9.47. The van der Waals surface area contributed by atoms with Gasteiger partial charge in [0, 0.05) is 23.3 Å². The first kappa shape index (κ1) is 17.6. The molecule has 2 atom stereocenters. The number of ketones is 1. The molecule has 2 heterocycles. The molecule has 7 heteroatoms. The van der Waals surface area contributed by atoms with E-state index in [0.29, 0.717) is 30.1 Å². The van der Waals surface area contributed by atoms with Gasteiger partial charge in [-0.1, -0.05) is 30.3 Å². The zero-order valence-corrected chi connectivity index (χ0v) is 15.8. The van der Waals surface area contributed by atoms with Crippen LogP contribution in [0.2, 0.25) is 0 Å². The summed E-state index contributed by atoms with van der Waals surface area (Å²) in [6.07, 6.45) is 2.48. The molecule has 0 amide bonds. The van der Waals surface area contributed by atoms with Gasteiger partial charge in [-0.3, -0.25) is 4.79 Å². The molecule has 1 aliphatic heterocycles. The number of hydrogen-bond donors (Lipinski definition) is 1. The number of carbonyl (C=O) groups excluding carboxylic acids is 1. The molecule has 0 radical (unpaired) electrons. The summed E-state index contributed by atoms with van der Waals surface area (Å²) in [5, 5.41) is 7.65. The number of methoxy groups -OCH3 is 1. The number of para-hydroxylation sites is 1. The van der Waals surface area contributed by atoms with Gasteiger partial charge in [0.05, 0.1) is 7.11 Å². The predicted molar refractivity (Wildman–Crippen MR) is 105 cm³/mol. The second-order valence-corrected chi connectivity index (χ2v) is 7.27. The van der Waals surface area contributed by atoms with Crippen LogP contribution in [0.25, 0.3) is 0 Å². The number of fused-ring (bicyclic) bond motifs is 1. The van der Waals surface area contributed by atoms with Crippen LogP contribution in [0.5, 0.6) is 5.75 Å². The second-order valence-electron chi connectivity index (χ2n) is 7.27. The highest BCUT2D eigenvalue weighted by Gasteiger charge is 2.40. The van der Waals surface area contributed by atoms with Gasteiger partial charge in [-0.2, -0.15) is 10.1 Å². The predicted octanol–water partition coefficient (Wildman–Crippen LogP) is 3.84. The molecule has 5 rings (SSSR count). The third-order valence-electron chi connectivity index (χ3n) is 5.64. The molecule has 29 heavy (non-hydrogen) atoms. The van der Waals surface area contributed by atoms with E-state index in [1.807, 2.05) is 24.3 Å². The fraction of sp³-hybridized carbons (Fsp3) is 0.227. The fourth-order valence-corrected chi connectivity index (χ4v) is 4.30. The van der Waals surface area contributed by atoms with Gasteiger partial charge in [0.15, 0.2) is 5.78 Å². The van der Waals surface area contributed by atoms with E-state index in [1.54, 1.807) is 23.9 Å². The number of hydrogen-bond acceptors (Lipinski definition) is 5. The number of allylic oxidation sites excluding steroid dienone is 2. The molecular weight excluding hydrogens is 371 g/mol. The topological polar surface area (TPSA) is 69.0 Å². The minimum Gasteiger partial charge on any atom is -0.496 e. The average molecular weight is 390 g/mol. The highest BCUT2D eigenvalue weighted by Crippen LogP contribution is 2.45. The molecule has 0 unspecified atom stereocenters. The van der Waals surface area contributed by atoms with E-state index in [2.05, 4.69) is 15.4 Å². The molecule has 6 nitrogen and oxygen atoms in total. The van der Waals surface area contributed by atoms with E-state index in [4.69, 9.17) is 4.74 Å². The summed E-state index contributed by atoms with van der Waals surface area (Å²) in [7, 11) is 1.62. The lowest BCUT2D eigenvalue weighted by molar-refractivity contribution is -0.116. The zero-order chi connectivity index (χ0) is 20.0. The SMILES string of the molecule is COc1ccccc1[C@@H]1C2=C(C[C@@H](c3ccc(F)cc3)CC2=O)Nc2ncnn21.